The number of carbonyl (C=O) groups excluding carboxylic acids is 3. The van der Waals surface area contributed by atoms with Gasteiger partial charge in [0, 0.05) is 12.8 Å². The summed E-state index contributed by atoms with van der Waals surface area (Å²) in [5.74, 6) is -1.11. The fourth-order valence-corrected chi connectivity index (χ4v) is 8.36. The molecular formula is C73H116O6. The highest BCUT2D eigenvalue weighted by Gasteiger charge is 2.19. The standard InChI is InChI=1S/C73H116O6/c1-4-7-10-13-16-19-22-25-28-30-32-33-34-35-36-37-38-39-41-42-45-48-51-54-57-60-63-66-72(75)78-69-70(68-77-71(74)65-62-59-56-53-50-47-44-27-24-21-18-15-12-9-6-3)79-73(76)67-64-61-58-55-52-49-46-43-40-31-29-26-23-20-17-14-11-8-5-2/h7,9-10,12,16,18-19,21,25,27-28,32-33,35-36,38-39,42,44-45,50-51,53-54,59,62,70H,4-6,8,11,13-15,17,20,22-24,26,29-31,34,37,40-41,43,46-49,52,55-58,60-61,63-69H2,1-3H3/b10-7-,12-9-,19-16-,21-18-,28-25-,33-32-,36-35-,39-38-,44-27-,45-42-,53-50-,54-51-,62-59-. The summed E-state index contributed by atoms with van der Waals surface area (Å²) in [6.45, 7) is 6.30. The minimum Gasteiger partial charge on any atom is -0.462 e. The summed E-state index contributed by atoms with van der Waals surface area (Å²) in [5, 5.41) is 0. The number of carbonyl (C=O) groups is 3. The van der Waals surface area contributed by atoms with E-state index in [0.29, 0.717) is 12.8 Å². The summed E-state index contributed by atoms with van der Waals surface area (Å²) < 4.78 is 16.8. The number of hydrogen-bond donors (Lipinski definition) is 0. The second kappa shape index (κ2) is 65.5. The number of rotatable bonds is 56. The van der Waals surface area contributed by atoms with E-state index in [1.165, 1.54) is 103 Å². The van der Waals surface area contributed by atoms with Crippen LogP contribution in [0.1, 0.15) is 265 Å². The van der Waals surface area contributed by atoms with Crippen molar-refractivity contribution in [3.63, 3.8) is 0 Å². The third-order valence-electron chi connectivity index (χ3n) is 13.1. The molecule has 0 heterocycles. The van der Waals surface area contributed by atoms with Gasteiger partial charge < -0.3 is 14.2 Å². The molecule has 0 radical (unpaired) electrons. The fourth-order valence-electron chi connectivity index (χ4n) is 8.36. The van der Waals surface area contributed by atoms with Gasteiger partial charge in [0.15, 0.2) is 6.10 Å². The maximum atomic E-state index is 12.9. The normalized spacial score (nSPS) is 13.2. The molecule has 0 aliphatic rings. The van der Waals surface area contributed by atoms with Gasteiger partial charge in [-0.15, -0.1) is 0 Å². The summed E-state index contributed by atoms with van der Waals surface area (Å²) in [5.41, 5.74) is 0. The van der Waals surface area contributed by atoms with Crippen LogP contribution >= 0.6 is 0 Å². The number of esters is 3. The van der Waals surface area contributed by atoms with Crippen molar-refractivity contribution >= 4 is 17.9 Å². The molecule has 0 saturated carbocycles. The minimum atomic E-state index is -0.843. The van der Waals surface area contributed by atoms with Crippen molar-refractivity contribution < 1.29 is 28.6 Å². The van der Waals surface area contributed by atoms with Crippen molar-refractivity contribution in [1.82, 2.24) is 0 Å². The van der Waals surface area contributed by atoms with Crippen molar-refractivity contribution in [1.29, 1.82) is 0 Å². The smallest absolute Gasteiger partial charge is 0.309 e. The van der Waals surface area contributed by atoms with Gasteiger partial charge in [-0.2, -0.15) is 0 Å². The van der Waals surface area contributed by atoms with Crippen LogP contribution in [0.2, 0.25) is 0 Å². The SMILES string of the molecule is CC/C=C\C/C=C\C/C=C\C/C=C\C/C=C\C/C=C\C/C=C\C/C=C\CCCCC(=O)OCC(COC(=O)C/C=C\C/C=C\C/C=C\C/C=C\C/C=C\CC)OC(=O)CCCCCCCCCCCCCCCCCCCCC. The van der Waals surface area contributed by atoms with Gasteiger partial charge in [0.05, 0.1) is 6.42 Å². The third-order valence-corrected chi connectivity index (χ3v) is 13.1. The van der Waals surface area contributed by atoms with Crippen LogP contribution < -0.4 is 0 Å². The van der Waals surface area contributed by atoms with Gasteiger partial charge in [0.2, 0.25) is 0 Å². The number of unbranched alkanes of at least 4 members (excludes halogenated alkanes) is 20. The lowest BCUT2D eigenvalue weighted by Crippen LogP contribution is -2.30. The zero-order valence-corrected chi connectivity index (χ0v) is 50.8. The fraction of sp³-hybridized carbons (Fsp3) is 0.603. The quantitative estimate of drug-likeness (QED) is 0.0261. The summed E-state index contributed by atoms with van der Waals surface area (Å²) in [6, 6.07) is 0. The van der Waals surface area contributed by atoms with Crippen LogP contribution in [0.25, 0.3) is 0 Å². The van der Waals surface area contributed by atoms with Crippen LogP contribution in [0, 0.1) is 0 Å². The van der Waals surface area contributed by atoms with Crippen LogP contribution in [-0.2, 0) is 28.6 Å². The maximum Gasteiger partial charge on any atom is 0.309 e. The molecule has 0 aromatic rings. The predicted molar refractivity (Wildman–Crippen MR) is 343 cm³/mol. The zero-order valence-electron chi connectivity index (χ0n) is 50.8. The van der Waals surface area contributed by atoms with Crippen molar-refractivity contribution in [3.05, 3.63) is 158 Å². The number of hydrogen-bond acceptors (Lipinski definition) is 6. The van der Waals surface area contributed by atoms with Gasteiger partial charge in [-0.3, -0.25) is 14.4 Å². The molecule has 0 N–H and O–H groups in total. The molecule has 0 amide bonds. The van der Waals surface area contributed by atoms with Crippen molar-refractivity contribution in [3.8, 4) is 0 Å². The highest BCUT2D eigenvalue weighted by atomic mass is 16.6. The van der Waals surface area contributed by atoms with Crippen LogP contribution in [0.5, 0.6) is 0 Å². The number of allylic oxidation sites excluding steroid dienone is 25. The molecule has 0 aliphatic carbocycles. The number of ether oxygens (including phenoxy) is 3. The lowest BCUT2D eigenvalue weighted by atomic mass is 10.0. The second-order valence-corrected chi connectivity index (χ2v) is 20.6. The van der Waals surface area contributed by atoms with E-state index < -0.39 is 12.1 Å². The van der Waals surface area contributed by atoms with Crippen LogP contribution in [0.3, 0.4) is 0 Å². The first-order valence-corrected chi connectivity index (χ1v) is 32.0. The second-order valence-electron chi connectivity index (χ2n) is 20.6. The largest absolute Gasteiger partial charge is 0.462 e. The Morgan fingerprint density at radius 2 is 0.544 bits per heavy atom. The van der Waals surface area contributed by atoms with Gasteiger partial charge in [0.25, 0.3) is 0 Å². The Kier molecular flexibility index (Phi) is 61.4. The van der Waals surface area contributed by atoms with Gasteiger partial charge >= 0.3 is 17.9 Å². The molecule has 0 saturated heterocycles. The van der Waals surface area contributed by atoms with E-state index >= 15 is 0 Å². The molecular weight excluding hydrogens is 973 g/mol. The van der Waals surface area contributed by atoms with Crippen LogP contribution in [0.4, 0.5) is 0 Å². The van der Waals surface area contributed by atoms with Gasteiger partial charge in [-0.1, -0.05) is 294 Å². The highest BCUT2D eigenvalue weighted by molar-refractivity contribution is 5.72. The first-order chi connectivity index (χ1) is 39.0. The molecule has 1 unspecified atom stereocenters. The van der Waals surface area contributed by atoms with E-state index in [1.807, 2.05) is 6.08 Å². The third kappa shape index (κ3) is 63.7. The van der Waals surface area contributed by atoms with Gasteiger partial charge in [-0.25, -0.2) is 0 Å². The van der Waals surface area contributed by atoms with E-state index in [4.69, 9.17) is 14.2 Å². The summed E-state index contributed by atoms with van der Waals surface area (Å²) in [6.07, 6.45) is 95.6. The maximum absolute atomic E-state index is 12.9. The Bertz CT molecular complexity index is 1780. The molecule has 1 atom stereocenters. The summed E-state index contributed by atoms with van der Waals surface area (Å²) >= 11 is 0. The Balaban J connectivity index is 4.53. The molecule has 0 spiro atoms. The van der Waals surface area contributed by atoms with E-state index in [0.717, 1.165) is 116 Å². The average molecular weight is 1090 g/mol. The summed E-state index contributed by atoms with van der Waals surface area (Å²) in [4.78, 5) is 38.2. The van der Waals surface area contributed by atoms with E-state index in [9.17, 15) is 14.4 Å². The molecule has 0 aromatic carbocycles. The lowest BCUT2D eigenvalue weighted by molar-refractivity contribution is -0.166. The highest BCUT2D eigenvalue weighted by Crippen LogP contribution is 2.16. The zero-order chi connectivity index (χ0) is 57.1. The molecule has 0 rings (SSSR count). The van der Waals surface area contributed by atoms with Crippen LogP contribution in [0.15, 0.2) is 158 Å². The van der Waals surface area contributed by atoms with Gasteiger partial charge in [-0.05, 0) is 109 Å². The Labute approximate surface area is 486 Å². The topological polar surface area (TPSA) is 78.9 Å². The average Bonchev–Trinajstić information content (AvgIpc) is 3.45. The first-order valence-electron chi connectivity index (χ1n) is 32.0. The molecule has 0 aromatic heterocycles. The molecule has 0 aliphatic heterocycles. The van der Waals surface area contributed by atoms with E-state index in [1.54, 1.807) is 6.08 Å². The summed E-state index contributed by atoms with van der Waals surface area (Å²) in [7, 11) is 0. The molecule has 6 heteroatoms. The lowest BCUT2D eigenvalue weighted by Gasteiger charge is -2.18. The van der Waals surface area contributed by atoms with Crippen molar-refractivity contribution in [2.45, 2.75) is 271 Å². The molecule has 444 valence electrons. The first kappa shape index (κ1) is 74.0. The molecule has 6 nitrogen and oxygen atoms in total. The van der Waals surface area contributed by atoms with Crippen molar-refractivity contribution in [2.75, 3.05) is 13.2 Å². The predicted octanol–water partition coefficient (Wildman–Crippen LogP) is 22.1. The van der Waals surface area contributed by atoms with E-state index in [-0.39, 0.29) is 38.0 Å². The Morgan fingerprint density at radius 3 is 0.886 bits per heavy atom. The van der Waals surface area contributed by atoms with E-state index in [2.05, 4.69) is 167 Å². The molecule has 0 bridgehead atoms. The molecule has 0 fully saturated rings. The molecule has 79 heavy (non-hydrogen) atoms. The van der Waals surface area contributed by atoms with Crippen LogP contribution in [-0.4, -0.2) is 37.2 Å². The Hall–Kier alpha value is -4.97. The van der Waals surface area contributed by atoms with Gasteiger partial charge in [0.1, 0.15) is 13.2 Å². The minimum absolute atomic E-state index is 0.113. The van der Waals surface area contributed by atoms with Crippen molar-refractivity contribution in [2.24, 2.45) is 0 Å². The monoisotopic (exact) mass is 1090 g/mol. The Morgan fingerprint density at radius 1 is 0.278 bits per heavy atom.